The van der Waals surface area contributed by atoms with Crippen LogP contribution in [0.1, 0.15) is 25.6 Å². The summed E-state index contributed by atoms with van der Waals surface area (Å²) in [6.07, 6.45) is 2.61. The van der Waals surface area contributed by atoms with Crippen LogP contribution in [0.4, 0.5) is 5.13 Å². The summed E-state index contributed by atoms with van der Waals surface area (Å²) in [7, 11) is 0. The highest BCUT2D eigenvalue weighted by Gasteiger charge is 2.17. The molecule has 2 heterocycles. The van der Waals surface area contributed by atoms with Crippen molar-refractivity contribution >= 4 is 16.7 Å². The molecule has 1 aromatic rings. The van der Waals surface area contributed by atoms with Crippen LogP contribution >= 0.6 is 11.5 Å². The summed E-state index contributed by atoms with van der Waals surface area (Å²) in [5.41, 5.74) is 0. The van der Waals surface area contributed by atoms with Gasteiger partial charge < -0.3 is 10.2 Å². The number of hydrogen-bond donors (Lipinski definition) is 1. The first-order valence-electron chi connectivity index (χ1n) is 6.04. The summed E-state index contributed by atoms with van der Waals surface area (Å²) in [6.45, 7) is 8.90. The highest BCUT2D eigenvalue weighted by molar-refractivity contribution is 7.09. The summed E-state index contributed by atoms with van der Waals surface area (Å²) in [5, 5.41) is 4.36. The van der Waals surface area contributed by atoms with E-state index in [0.29, 0.717) is 0 Å². The lowest BCUT2D eigenvalue weighted by molar-refractivity contribution is 0.198. The van der Waals surface area contributed by atoms with Gasteiger partial charge >= 0.3 is 0 Å². The molecule has 1 saturated heterocycles. The van der Waals surface area contributed by atoms with E-state index >= 15 is 0 Å². The van der Waals surface area contributed by atoms with E-state index in [1.807, 2.05) is 6.92 Å². The molecule has 1 N–H and O–H groups in total. The average Bonchev–Trinajstić information content (AvgIpc) is 2.73. The Hall–Kier alpha value is -0.680. The molecule has 4 nitrogen and oxygen atoms in total. The number of anilines is 1. The maximum atomic E-state index is 4.31. The maximum Gasteiger partial charge on any atom is 0.202 e. The van der Waals surface area contributed by atoms with E-state index in [4.69, 9.17) is 0 Å². The van der Waals surface area contributed by atoms with Crippen LogP contribution in [0.2, 0.25) is 0 Å². The number of aromatic nitrogens is 2. The van der Waals surface area contributed by atoms with Crippen molar-refractivity contribution in [3.05, 3.63) is 5.82 Å². The van der Waals surface area contributed by atoms with Crippen LogP contribution in [0.15, 0.2) is 0 Å². The Morgan fingerprint density at radius 3 is 2.75 bits per heavy atom. The second kappa shape index (κ2) is 5.59. The van der Waals surface area contributed by atoms with Crippen molar-refractivity contribution in [1.82, 2.24) is 14.3 Å². The quantitative estimate of drug-likeness (QED) is 0.874. The second-order valence-corrected chi connectivity index (χ2v) is 5.16. The molecule has 5 heteroatoms. The zero-order chi connectivity index (χ0) is 11.4. The van der Waals surface area contributed by atoms with Gasteiger partial charge in [0.2, 0.25) is 5.13 Å². The highest BCUT2D eigenvalue weighted by atomic mass is 32.1. The number of nitrogens with zero attached hydrogens (tertiary/aromatic N) is 3. The Morgan fingerprint density at radius 2 is 2.19 bits per heavy atom. The Bertz CT molecular complexity index is 318. The Balaban J connectivity index is 1.71. The minimum atomic E-state index is 0.798. The van der Waals surface area contributed by atoms with Gasteiger partial charge in [0.1, 0.15) is 5.82 Å². The predicted octanol–water partition coefficient (Wildman–Crippen LogP) is 1.99. The highest BCUT2D eigenvalue weighted by Crippen LogP contribution is 2.18. The van der Waals surface area contributed by atoms with Crippen molar-refractivity contribution in [2.45, 2.75) is 26.7 Å². The van der Waals surface area contributed by atoms with Gasteiger partial charge in [0.15, 0.2) is 0 Å². The van der Waals surface area contributed by atoms with Crippen molar-refractivity contribution in [3.63, 3.8) is 0 Å². The van der Waals surface area contributed by atoms with Crippen LogP contribution in [0.5, 0.6) is 0 Å². The molecular formula is C11H20N4S. The first-order valence-corrected chi connectivity index (χ1v) is 6.82. The number of aryl methyl sites for hydroxylation is 1. The van der Waals surface area contributed by atoms with Gasteiger partial charge in [-0.1, -0.05) is 6.92 Å². The molecule has 0 spiro atoms. The fourth-order valence-electron chi connectivity index (χ4n) is 2.11. The number of rotatable bonds is 4. The lowest BCUT2D eigenvalue weighted by Crippen LogP contribution is -2.35. The van der Waals surface area contributed by atoms with Crippen molar-refractivity contribution in [3.8, 4) is 0 Å². The van der Waals surface area contributed by atoms with Crippen LogP contribution in [0.25, 0.3) is 0 Å². The third-order valence-electron chi connectivity index (χ3n) is 3.22. The molecule has 1 fully saturated rings. The average molecular weight is 240 g/mol. The molecule has 0 atom stereocenters. The summed E-state index contributed by atoms with van der Waals surface area (Å²) < 4.78 is 4.17. The third-order valence-corrected chi connectivity index (χ3v) is 3.99. The molecule has 0 bridgehead atoms. The molecule has 0 amide bonds. The monoisotopic (exact) mass is 240 g/mol. The number of piperidine rings is 1. The fraction of sp³-hybridized carbons (Fsp3) is 0.818. The number of nitrogens with one attached hydrogen (secondary N) is 1. The molecule has 90 valence electrons. The zero-order valence-electron chi connectivity index (χ0n) is 10.1. The van der Waals surface area contributed by atoms with Gasteiger partial charge in [-0.05, 0) is 45.3 Å². The molecule has 0 unspecified atom stereocenters. The summed E-state index contributed by atoms with van der Waals surface area (Å²) >= 11 is 1.46. The lowest BCUT2D eigenvalue weighted by Gasteiger charge is -2.30. The largest absolute Gasteiger partial charge is 0.360 e. The van der Waals surface area contributed by atoms with E-state index < -0.39 is 0 Å². The van der Waals surface area contributed by atoms with E-state index in [0.717, 1.165) is 23.4 Å². The van der Waals surface area contributed by atoms with Crippen LogP contribution in [0, 0.1) is 12.8 Å². The molecule has 0 saturated carbocycles. The van der Waals surface area contributed by atoms with Crippen LogP contribution < -0.4 is 5.32 Å². The van der Waals surface area contributed by atoms with Gasteiger partial charge in [-0.3, -0.25) is 0 Å². The molecule has 1 aromatic heterocycles. The third kappa shape index (κ3) is 3.15. The van der Waals surface area contributed by atoms with Crippen LogP contribution in [-0.2, 0) is 0 Å². The standard InChI is InChI=1S/C11H20N4S/c1-3-15-6-4-10(5-7-15)8-12-11-13-9(2)14-16-11/h10H,3-8H2,1-2H3,(H,12,13,14). The van der Waals surface area contributed by atoms with Gasteiger partial charge in [-0.15, -0.1) is 0 Å². The topological polar surface area (TPSA) is 41.0 Å². The normalized spacial score (nSPS) is 18.9. The summed E-state index contributed by atoms with van der Waals surface area (Å²) in [6, 6.07) is 0. The molecular weight excluding hydrogens is 220 g/mol. The molecule has 16 heavy (non-hydrogen) atoms. The minimum absolute atomic E-state index is 0.798. The van der Waals surface area contributed by atoms with Gasteiger partial charge in [0.05, 0.1) is 0 Å². The predicted molar refractivity (Wildman–Crippen MR) is 68.0 cm³/mol. The molecule has 1 aliphatic heterocycles. The second-order valence-electron chi connectivity index (χ2n) is 4.41. The summed E-state index contributed by atoms with van der Waals surface area (Å²) in [5.74, 6) is 1.67. The van der Waals surface area contributed by atoms with E-state index in [1.54, 1.807) is 0 Å². The molecule has 2 rings (SSSR count). The van der Waals surface area contributed by atoms with Crippen LogP contribution in [-0.4, -0.2) is 40.4 Å². The van der Waals surface area contributed by atoms with Gasteiger partial charge in [0, 0.05) is 18.1 Å². The SMILES string of the molecule is CCN1CCC(CNc2nc(C)ns2)CC1. The van der Waals surface area contributed by atoms with Crippen molar-refractivity contribution in [1.29, 1.82) is 0 Å². The van der Waals surface area contributed by atoms with E-state index in [-0.39, 0.29) is 0 Å². The summed E-state index contributed by atoms with van der Waals surface area (Å²) in [4.78, 5) is 6.83. The maximum absolute atomic E-state index is 4.31. The van der Waals surface area contributed by atoms with Crippen molar-refractivity contribution < 1.29 is 0 Å². The van der Waals surface area contributed by atoms with E-state index in [1.165, 1.54) is 44.0 Å². The zero-order valence-corrected chi connectivity index (χ0v) is 10.9. The molecule has 0 aliphatic carbocycles. The Morgan fingerprint density at radius 1 is 1.44 bits per heavy atom. The van der Waals surface area contributed by atoms with Crippen LogP contribution in [0.3, 0.4) is 0 Å². The van der Waals surface area contributed by atoms with Crippen molar-refractivity contribution in [2.75, 3.05) is 31.5 Å². The Kier molecular flexibility index (Phi) is 4.12. The fourth-order valence-corrected chi connectivity index (χ4v) is 2.69. The van der Waals surface area contributed by atoms with E-state index in [9.17, 15) is 0 Å². The first-order chi connectivity index (χ1) is 7.78. The van der Waals surface area contributed by atoms with E-state index in [2.05, 4.69) is 26.5 Å². The molecule has 0 radical (unpaired) electrons. The molecule has 1 aliphatic rings. The van der Waals surface area contributed by atoms with Crippen molar-refractivity contribution in [2.24, 2.45) is 5.92 Å². The Labute approximate surface area is 101 Å². The van der Waals surface area contributed by atoms with Gasteiger partial charge in [0.25, 0.3) is 0 Å². The van der Waals surface area contributed by atoms with Gasteiger partial charge in [-0.2, -0.15) is 4.37 Å². The number of hydrogen-bond acceptors (Lipinski definition) is 5. The van der Waals surface area contributed by atoms with Gasteiger partial charge in [-0.25, -0.2) is 4.98 Å². The first kappa shape index (κ1) is 11.8. The molecule has 0 aromatic carbocycles. The smallest absolute Gasteiger partial charge is 0.202 e. The number of likely N-dealkylation sites (tertiary alicyclic amines) is 1. The minimum Gasteiger partial charge on any atom is -0.360 e. The lowest BCUT2D eigenvalue weighted by atomic mass is 9.97.